The fourth-order valence-corrected chi connectivity index (χ4v) is 2.07. The molecule has 6 heteroatoms. The molecule has 1 atom stereocenters. The van der Waals surface area contributed by atoms with Gasteiger partial charge in [-0.25, -0.2) is 9.78 Å². The van der Waals surface area contributed by atoms with Crippen LogP contribution in [0.1, 0.15) is 17.3 Å². The van der Waals surface area contributed by atoms with Gasteiger partial charge in [-0.2, -0.15) is 0 Å². The molecule has 1 aliphatic heterocycles. The number of aromatic nitrogens is 1. The summed E-state index contributed by atoms with van der Waals surface area (Å²) in [5.74, 6) is -0.333. The van der Waals surface area contributed by atoms with E-state index >= 15 is 0 Å². The molecule has 1 aromatic heterocycles. The lowest BCUT2D eigenvalue weighted by atomic mass is 10.2. The van der Waals surface area contributed by atoms with E-state index < -0.39 is 5.97 Å². The van der Waals surface area contributed by atoms with Crippen LogP contribution in [0.15, 0.2) is 12.3 Å². The minimum atomic E-state index is -1.02. The molecule has 6 nitrogen and oxygen atoms in total. The van der Waals surface area contributed by atoms with Crippen molar-refractivity contribution in [3.63, 3.8) is 0 Å². The number of carboxylic acid groups (broad SMARTS) is 1. The van der Waals surface area contributed by atoms with Crippen LogP contribution in [0, 0.1) is 0 Å². The molecule has 0 aliphatic carbocycles. The Bertz CT molecular complexity index is 463. The Labute approximate surface area is 106 Å². The summed E-state index contributed by atoms with van der Waals surface area (Å²) in [6.45, 7) is 4.76. The second-order valence-electron chi connectivity index (χ2n) is 4.71. The summed E-state index contributed by atoms with van der Waals surface area (Å²) in [5.41, 5.74) is 5.92. The number of aromatic carboxylic acids is 1. The highest BCUT2D eigenvalue weighted by Gasteiger charge is 2.22. The normalized spacial score (nSPS) is 21.0. The molecule has 1 fully saturated rings. The molecule has 1 aromatic rings. The summed E-state index contributed by atoms with van der Waals surface area (Å²) < 4.78 is 0. The zero-order valence-electron chi connectivity index (χ0n) is 10.6. The number of piperazine rings is 1. The van der Waals surface area contributed by atoms with Gasteiger partial charge in [-0.15, -0.1) is 0 Å². The van der Waals surface area contributed by atoms with Crippen molar-refractivity contribution in [2.45, 2.75) is 13.0 Å². The average molecular weight is 250 g/mol. The predicted molar refractivity (Wildman–Crippen MR) is 69.9 cm³/mol. The average Bonchev–Trinajstić information content (AvgIpc) is 2.33. The standard InChI is InChI=1S/C12H18N4O2/c1-8-7-16(4-3-15(8)2)11-5-9(12(17)18)10(13)6-14-11/h5-6,8H,3-4,7,13H2,1-2H3,(H,17,18). The number of carbonyl (C=O) groups is 1. The number of hydrogen-bond acceptors (Lipinski definition) is 5. The number of carboxylic acids is 1. The topological polar surface area (TPSA) is 82.7 Å². The Balaban J connectivity index is 2.24. The SMILES string of the molecule is CC1CN(c2cc(C(=O)O)c(N)cn2)CCN1C. The van der Waals surface area contributed by atoms with Gasteiger partial charge in [0, 0.05) is 25.7 Å². The first-order valence-corrected chi connectivity index (χ1v) is 5.93. The fourth-order valence-electron chi connectivity index (χ4n) is 2.07. The Morgan fingerprint density at radius 2 is 2.28 bits per heavy atom. The van der Waals surface area contributed by atoms with Crippen LogP contribution in [0.3, 0.4) is 0 Å². The van der Waals surface area contributed by atoms with Gasteiger partial charge < -0.3 is 20.6 Å². The van der Waals surface area contributed by atoms with Crippen molar-refractivity contribution < 1.29 is 9.90 Å². The monoisotopic (exact) mass is 250 g/mol. The zero-order valence-corrected chi connectivity index (χ0v) is 10.6. The lowest BCUT2D eigenvalue weighted by Gasteiger charge is -2.38. The third-order valence-corrected chi connectivity index (χ3v) is 3.43. The Morgan fingerprint density at radius 1 is 1.56 bits per heavy atom. The molecule has 1 aliphatic rings. The molecule has 2 heterocycles. The molecule has 0 spiro atoms. The fraction of sp³-hybridized carbons (Fsp3) is 0.500. The van der Waals surface area contributed by atoms with Crippen LogP contribution in [-0.4, -0.2) is 53.7 Å². The third-order valence-electron chi connectivity index (χ3n) is 3.43. The maximum Gasteiger partial charge on any atom is 0.337 e. The highest BCUT2D eigenvalue weighted by atomic mass is 16.4. The number of nitrogen functional groups attached to an aromatic ring is 1. The second-order valence-corrected chi connectivity index (χ2v) is 4.71. The van der Waals surface area contributed by atoms with Crippen LogP contribution in [0.25, 0.3) is 0 Å². The number of pyridine rings is 1. The Morgan fingerprint density at radius 3 is 2.89 bits per heavy atom. The maximum absolute atomic E-state index is 11.0. The van der Waals surface area contributed by atoms with E-state index in [1.807, 2.05) is 0 Å². The van der Waals surface area contributed by atoms with Crippen LogP contribution in [0.2, 0.25) is 0 Å². The first-order valence-electron chi connectivity index (χ1n) is 5.93. The van der Waals surface area contributed by atoms with Gasteiger partial charge in [0.05, 0.1) is 17.4 Å². The van der Waals surface area contributed by atoms with E-state index in [1.54, 1.807) is 6.07 Å². The smallest absolute Gasteiger partial charge is 0.337 e. The number of nitrogens with zero attached hydrogens (tertiary/aromatic N) is 3. The Kier molecular flexibility index (Phi) is 3.38. The van der Waals surface area contributed by atoms with Crippen molar-refractivity contribution in [3.05, 3.63) is 17.8 Å². The molecule has 3 N–H and O–H groups in total. The van der Waals surface area contributed by atoms with Crippen LogP contribution >= 0.6 is 0 Å². The molecule has 0 radical (unpaired) electrons. The van der Waals surface area contributed by atoms with E-state index in [9.17, 15) is 4.79 Å². The molecule has 1 unspecified atom stereocenters. The summed E-state index contributed by atoms with van der Waals surface area (Å²) >= 11 is 0. The van der Waals surface area contributed by atoms with Crippen molar-refractivity contribution in [1.82, 2.24) is 9.88 Å². The van der Waals surface area contributed by atoms with E-state index in [0.29, 0.717) is 11.9 Å². The van der Waals surface area contributed by atoms with Gasteiger partial charge in [-0.1, -0.05) is 0 Å². The number of likely N-dealkylation sites (N-methyl/N-ethyl adjacent to an activating group) is 1. The first-order chi connectivity index (χ1) is 8.49. The summed E-state index contributed by atoms with van der Waals surface area (Å²) in [6.07, 6.45) is 1.42. The Hall–Kier alpha value is -1.82. The van der Waals surface area contributed by atoms with Crippen molar-refractivity contribution in [3.8, 4) is 0 Å². The maximum atomic E-state index is 11.0. The van der Waals surface area contributed by atoms with E-state index in [-0.39, 0.29) is 11.3 Å². The van der Waals surface area contributed by atoms with Gasteiger partial charge in [0.15, 0.2) is 0 Å². The van der Waals surface area contributed by atoms with E-state index in [2.05, 4.69) is 28.8 Å². The van der Waals surface area contributed by atoms with Crippen molar-refractivity contribution in [1.29, 1.82) is 0 Å². The molecule has 0 aromatic carbocycles. The highest BCUT2D eigenvalue weighted by molar-refractivity contribution is 5.94. The molecule has 98 valence electrons. The third kappa shape index (κ3) is 2.38. The van der Waals surface area contributed by atoms with E-state index in [4.69, 9.17) is 10.8 Å². The van der Waals surface area contributed by atoms with E-state index in [1.165, 1.54) is 6.20 Å². The van der Waals surface area contributed by atoms with Crippen LogP contribution in [0.4, 0.5) is 11.5 Å². The lowest BCUT2D eigenvalue weighted by Crippen LogP contribution is -2.50. The number of anilines is 2. The summed E-state index contributed by atoms with van der Waals surface area (Å²) in [6, 6.07) is 1.97. The zero-order chi connectivity index (χ0) is 13.3. The minimum Gasteiger partial charge on any atom is -0.478 e. The van der Waals surface area contributed by atoms with E-state index in [0.717, 1.165) is 19.6 Å². The quantitative estimate of drug-likeness (QED) is 0.795. The number of nitrogens with two attached hydrogens (primary N) is 1. The largest absolute Gasteiger partial charge is 0.478 e. The molecular formula is C12H18N4O2. The summed E-state index contributed by atoms with van der Waals surface area (Å²) in [7, 11) is 2.08. The number of hydrogen-bond donors (Lipinski definition) is 2. The van der Waals surface area contributed by atoms with Gasteiger partial charge in [0.25, 0.3) is 0 Å². The molecule has 0 amide bonds. The molecule has 18 heavy (non-hydrogen) atoms. The molecule has 0 bridgehead atoms. The van der Waals surface area contributed by atoms with Gasteiger partial charge in [-0.05, 0) is 20.0 Å². The molecule has 0 saturated carbocycles. The highest BCUT2D eigenvalue weighted by Crippen LogP contribution is 2.20. The van der Waals surface area contributed by atoms with Crippen molar-refractivity contribution >= 4 is 17.5 Å². The van der Waals surface area contributed by atoms with Gasteiger partial charge in [0.2, 0.25) is 0 Å². The molecule has 2 rings (SSSR count). The second kappa shape index (κ2) is 4.81. The van der Waals surface area contributed by atoms with Crippen LogP contribution in [0.5, 0.6) is 0 Å². The van der Waals surface area contributed by atoms with Gasteiger partial charge in [-0.3, -0.25) is 0 Å². The van der Waals surface area contributed by atoms with Crippen molar-refractivity contribution in [2.75, 3.05) is 37.3 Å². The van der Waals surface area contributed by atoms with Crippen LogP contribution < -0.4 is 10.6 Å². The molecule has 1 saturated heterocycles. The minimum absolute atomic E-state index is 0.117. The van der Waals surface area contributed by atoms with Gasteiger partial charge >= 0.3 is 5.97 Å². The van der Waals surface area contributed by atoms with Gasteiger partial charge in [0.1, 0.15) is 5.82 Å². The summed E-state index contributed by atoms with van der Waals surface area (Å²) in [5, 5.41) is 9.05. The van der Waals surface area contributed by atoms with Crippen molar-refractivity contribution in [2.24, 2.45) is 0 Å². The first kappa shape index (κ1) is 12.6. The lowest BCUT2D eigenvalue weighted by molar-refractivity contribution is 0.0698. The number of rotatable bonds is 2. The predicted octanol–water partition coefficient (Wildman–Crippen LogP) is 0.502. The molecular weight excluding hydrogens is 232 g/mol. The summed E-state index contributed by atoms with van der Waals surface area (Å²) in [4.78, 5) is 19.6. The van der Waals surface area contributed by atoms with Crippen LogP contribution in [-0.2, 0) is 0 Å².